The van der Waals surface area contributed by atoms with Crippen molar-refractivity contribution in [2.24, 2.45) is 0 Å². The molecular formula is C18H12F2N4OS3. The lowest BCUT2D eigenvalue weighted by molar-refractivity contribution is -0.113. The van der Waals surface area contributed by atoms with Crippen LogP contribution in [0.4, 0.5) is 13.9 Å². The molecule has 142 valence electrons. The maximum atomic E-state index is 13.2. The van der Waals surface area contributed by atoms with Crippen LogP contribution in [0.15, 0.2) is 51.7 Å². The van der Waals surface area contributed by atoms with Gasteiger partial charge in [-0.05, 0) is 35.9 Å². The van der Waals surface area contributed by atoms with E-state index in [9.17, 15) is 13.6 Å². The van der Waals surface area contributed by atoms with Crippen molar-refractivity contribution in [1.82, 2.24) is 10.2 Å². The highest BCUT2D eigenvalue weighted by Crippen LogP contribution is 2.28. The highest BCUT2D eigenvalue weighted by Gasteiger charge is 2.10. The van der Waals surface area contributed by atoms with E-state index < -0.39 is 11.6 Å². The van der Waals surface area contributed by atoms with Crippen LogP contribution in [-0.2, 0) is 10.5 Å². The van der Waals surface area contributed by atoms with E-state index in [1.807, 2.05) is 12.1 Å². The van der Waals surface area contributed by atoms with Crippen molar-refractivity contribution in [3.8, 4) is 6.07 Å². The third-order valence-electron chi connectivity index (χ3n) is 3.36. The normalized spacial score (nSPS) is 10.5. The van der Waals surface area contributed by atoms with Crippen LogP contribution in [0.1, 0.15) is 11.1 Å². The van der Waals surface area contributed by atoms with Crippen molar-refractivity contribution >= 4 is 45.9 Å². The van der Waals surface area contributed by atoms with E-state index in [-0.39, 0.29) is 11.7 Å². The number of nitrogens with one attached hydrogen (secondary N) is 1. The first-order valence-corrected chi connectivity index (χ1v) is 10.7. The molecule has 10 heteroatoms. The SMILES string of the molecule is N#Cc1ccc(CSc2nnc(NC(=O)CSc3ccc(F)c(F)c3)s2)cc1. The van der Waals surface area contributed by atoms with Gasteiger partial charge in [-0.2, -0.15) is 5.26 Å². The van der Waals surface area contributed by atoms with Gasteiger partial charge < -0.3 is 0 Å². The summed E-state index contributed by atoms with van der Waals surface area (Å²) in [6, 6.07) is 12.8. The fourth-order valence-corrected chi connectivity index (χ4v) is 4.46. The van der Waals surface area contributed by atoms with Crippen LogP contribution in [0.5, 0.6) is 0 Å². The Morgan fingerprint density at radius 3 is 2.61 bits per heavy atom. The zero-order chi connectivity index (χ0) is 19.9. The van der Waals surface area contributed by atoms with Gasteiger partial charge in [0.1, 0.15) is 0 Å². The number of halogens is 2. The summed E-state index contributed by atoms with van der Waals surface area (Å²) in [5, 5.41) is 19.8. The summed E-state index contributed by atoms with van der Waals surface area (Å²) in [4.78, 5) is 12.5. The van der Waals surface area contributed by atoms with E-state index in [1.54, 1.807) is 12.1 Å². The second kappa shape index (κ2) is 9.64. The van der Waals surface area contributed by atoms with Gasteiger partial charge in [-0.1, -0.05) is 35.2 Å². The van der Waals surface area contributed by atoms with E-state index in [4.69, 9.17) is 5.26 Å². The number of nitriles is 1. The molecule has 1 N–H and O–H groups in total. The van der Waals surface area contributed by atoms with Crippen LogP contribution >= 0.6 is 34.9 Å². The first kappa shape index (κ1) is 20.3. The lowest BCUT2D eigenvalue weighted by Crippen LogP contribution is -2.13. The van der Waals surface area contributed by atoms with Crippen LogP contribution in [-0.4, -0.2) is 21.9 Å². The number of benzene rings is 2. The monoisotopic (exact) mass is 434 g/mol. The summed E-state index contributed by atoms with van der Waals surface area (Å²) in [6.07, 6.45) is 0. The molecule has 0 unspecified atom stereocenters. The van der Waals surface area contributed by atoms with Crippen molar-refractivity contribution in [3.05, 3.63) is 65.2 Å². The van der Waals surface area contributed by atoms with E-state index in [0.29, 0.717) is 25.7 Å². The molecule has 28 heavy (non-hydrogen) atoms. The molecule has 0 aliphatic carbocycles. The number of hydrogen-bond donors (Lipinski definition) is 1. The summed E-state index contributed by atoms with van der Waals surface area (Å²) in [7, 11) is 0. The molecule has 0 aliphatic heterocycles. The van der Waals surface area contributed by atoms with Gasteiger partial charge >= 0.3 is 0 Å². The number of thioether (sulfide) groups is 2. The van der Waals surface area contributed by atoms with Gasteiger partial charge in [-0.25, -0.2) is 8.78 Å². The Labute approximate surface area is 172 Å². The third-order valence-corrected chi connectivity index (χ3v) is 6.40. The van der Waals surface area contributed by atoms with Gasteiger partial charge in [0.2, 0.25) is 11.0 Å². The molecule has 0 atom stereocenters. The summed E-state index contributed by atoms with van der Waals surface area (Å²) in [5.41, 5.74) is 1.66. The molecule has 5 nitrogen and oxygen atoms in total. The maximum absolute atomic E-state index is 13.2. The third kappa shape index (κ3) is 5.76. The maximum Gasteiger partial charge on any atom is 0.236 e. The average Bonchev–Trinajstić information content (AvgIpc) is 3.15. The fraction of sp³-hybridized carbons (Fsp3) is 0.111. The van der Waals surface area contributed by atoms with Crippen molar-refractivity contribution < 1.29 is 13.6 Å². The highest BCUT2D eigenvalue weighted by molar-refractivity contribution is 8.00. The average molecular weight is 435 g/mol. The Kier molecular flexibility index (Phi) is 6.97. The molecule has 3 aromatic rings. The Bertz CT molecular complexity index is 1020. The van der Waals surface area contributed by atoms with Gasteiger partial charge in [-0.3, -0.25) is 10.1 Å². The number of hydrogen-bond acceptors (Lipinski definition) is 7. The molecule has 2 aromatic carbocycles. The highest BCUT2D eigenvalue weighted by atomic mass is 32.2. The molecule has 0 saturated heterocycles. The number of carbonyl (C=O) groups is 1. The summed E-state index contributed by atoms with van der Waals surface area (Å²) >= 11 is 3.83. The van der Waals surface area contributed by atoms with Crippen LogP contribution in [0, 0.1) is 23.0 Å². The van der Waals surface area contributed by atoms with Gasteiger partial charge in [0.15, 0.2) is 16.0 Å². The molecule has 0 radical (unpaired) electrons. The van der Waals surface area contributed by atoms with Gasteiger partial charge in [0.25, 0.3) is 0 Å². The summed E-state index contributed by atoms with van der Waals surface area (Å²) < 4.78 is 26.8. The summed E-state index contributed by atoms with van der Waals surface area (Å²) in [5.74, 6) is -1.47. The topological polar surface area (TPSA) is 78.7 Å². The Hall–Kier alpha value is -2.48. The van der Waals surface area contributed by atoms with E-state index in [2.05, 4.69) is 21.6 Å². The Balaban J connectivity index is 1.47. The second-order valence-corrected chi connectivity index (χ2v) is 8.63. The molecule has 0 spiro atoms. The molecule has 3 rings (SSSR count). The first-order valence-electron chi connectivity index (χ1n) is 7.86. The van der Waals surface area contributed by atoms with E-state index >= 15 is 0 Å². The standard InChI is InChI=1S/C18H12F2N4OS3/c19-14-6-5-13(7-15(14)20)26-10-16(25)22-17-23-24-18(28-17)27-9-12-3-1-11(8-21)2-4-12/h1-7H,9-10H2,(H,22,23,25). The molecule has 0 bridgehead atoms. The van der Waals surface area contributed by atoms with Crippen LogP contribution in [0.25, 0.3) is 0 Å². The predicted molar refractivity (Wildman–Crippen MR) is 106 cm³/mol. The predicted octanol–water partition coefficient (Wildman–Crippen LogP) is 4.71. The molecule has 1 heterocycles. The lowest BCUT2D eigenvalue weighted by atomic mass is 10.2. The minimum atomic E-state index is -0.946. The van der Waals surface area contributed by atoms with Crippen LogP contribution in [0.2, 0.25) is 0 Å². The molecule has 1 aromatic heterocycles. The van der Waals surface area contributed by atoms with Crippen LogP contribution < -0.4 is 5.32 Å². The largest absolute Gasteiger partial charge is 0.300 e. The van der Waals surface area contributed by atoms with Gasteiger partial charge in [-0.15, -0.1) is 22.0 Å². The zero-order valence-corrected chi connectivity index (χ0v) is 16.6. The minimum Gasteiger partial charge on any atom is -0.300 e. The number of anilines is 1. The van der Waals surface area contributed by atoms with Gasteiger partial charge in [0.05, 0.1) is 17.4 Å². The van der Waals surface area contributed by atoms with Crippen molar-refractivity contribution in [2.75, 3.05) is 11.1 Å². The molecule has 0 aliphatic rings. The molecule has 1 amide bonds. The second-order valence-electron chi connectivity index (χ2n) is 5.38. The van der Waals surface area contributed by atoms with E-state index in [0.717, 1.165) is 29.5 Å². The van der Waals surface area contributed by atoms with Crippen molar-refractivity contribution in [3.63, 3.8) is 0 Å². The number of carbonyl (C=O) groups excluding carboxylic acids is 1. The number of rotatable bonds is 7. The zero-order valence-electron chi connectivity index (χ0n) is 14.2. The number of amides is 1. The molecule has 0 fully saturated rings. The van der Waals surface area contributed by atoms with Crippen LogP contribution in [0.3, 0.4) is 0 Å². The minimum absolute atomic E-state index is 0.0400. The molecule has 0 saturated carbocycles. The number of aromatic nitrogens is 2. The fourth-order valence-electron chi connectivity index (χ4n) is 2.01. The van der Waals surface area contributed by atoms with Crippen molar-refractivity contribution in [1.29, 1.82) is 5.26 Å². The summed E-state index contributed by atoms with van der Waals surface area (Å²) in [6.45, 7) is 0. The Morgan fingerprint density at radius 2 is 1.89 bits per heavy atom. The quantitative estimate of drug-likeness (QED) is 0.429. The Morgan fingerprint density at radius 1 is 1.11 bits per heavy atom. The molecular weight excluding hydrogens is 422 g/mol. The lowest BCUT2D eigenvalue weighted by Gasteiger charge is -2.02. The smallest absolute Gasteiger partial charge is 0.236 e. The van der Waals surface area contributed by atoms with E-state index in [1.165, 1.54) is 29.2 Å². The first-order chi connectivity index (χ1) is 13.5. The van der Waals surface area contributed by atoms with Gasteiger partial charge in [0, 0.05) is 10.6 Å². The van der Waals surface area contributed by atoms with Crippen molar-refractivity contribution in [2.45, 2.75) is 15.0 Å². The number of nitrogens with zero attached hydrogens (tertiary/aromatic N) is 3.